The maximum Gasteiger partial charge on any atom is 0.0705 e. The summed E-state index contributed by atoms with van der Waals surface area (Å²) in [5, 5.41) is 1.20. The van der Waals surface area contributed by atoms with Gasteiger partial charge in [0.25, 0.3) is 0 Å². The second kappa shape index (κ2) is 5.46. The second-order valence-corrected chi connectivity index (χ2v) is 5.04. The Labute approximate surface area is 109 Å². The van der Waals surface area contributed by atoms with Crippen LogP contribution in [0.2, 0.25) is 0 Å². The number of nitrogens with zero attached hydrogens (tertiary/aromatic N) is 2. The Bertz CT molecular complexity index is 534. The van der Waals surface area contributed by atoms with E-state index in [1.54, 1.807) is 0 Å². The summed E-state index contributed by atoms with van der Waals surface area (Å²) in [5.41, 5.74) is 9.24. The van der Waals surface area contributed by atoms with Crippen molar-refractivity contribution in [1.29, 1.82) is 0 Å². The number of fused-ring (bicyclic) bond motifs is 1. The lowest BCUT2D eigenvalue weighted by Crippen LogP contribution is -2.36. The summed E-state index contributed by atoms with van der Waals surface area (Å²) >= 11 is 0. The van der Waals surface area contributed by atoms with Gasteiger partial charge in [0.15, 0.2) is 0 Å². The van der Waals surface area contributed by atoms with Gasteiger partial charge in [0.05, 0.1) is 5.52 Å². The number of likely N-dealkylation sites (N-methyl/N-ethyl adjacent to an activating group) is 1. The Kier molecular flexibility index (Phi) is 3.94. The summed E-state index contributed by atoms with van der Waals surface area (Å²) < 4.78 is 0. The van der Waals surface area contributed by atoms with Gasteiger partial charge in [0, 0.05) is 23.7 Å². The molecule has 0 amide bonds. The summed E-state index contributed by atoms with van der Waals surface area (Å²) in [6.07, 6.45) is 0.979. The molecule has 0 bridgehead atoms. The zero-order chi connectivity index (χ0) is 13.1. The smallest absolute Gasteiger partial charge is 0.0705 e. The van der Waals surface area contributed by atoms with E-state index in [9.17, 15) is 0 Å². The van der Waals surface area contributed by atoms with Crippen LogP contribution in [0.4, 0.5) is 0 Å². The molecule has 1 aromatic carbocycles. The minimum absolute atomic E-state index is 0.390. The first-order valence-electron chi connectivity index (χ1n) is 6.33. The fourth-order valence-electron chi connectivity index (χ4n) is 2.15. The van der Waals surface area contributed by atoms with Gasteiger partial charge in [-0.2, -0.15) is 0 Å². The van der Waals surface area contributed by atoms with Gasteiger partial charge in [-0.05, 0) is 51.2 Å². The molecule has 2 rings (SSSR count). The summed E-state index contributed by atoms with van der Waals surface area (Å²) in [6, 6.07) is 11.0. The molecule has 0 unspecified atom stereocenters. The minimum atomic E-state index is 0.390. The molecule has 0 spiro atoms. The van der Waals surface area contributed by atoms with Gasteiger partial charge in [0.2, 0.25) is 0 Å². The van der Waals surface area contributed by atoms with E-state index < -0.39 is 0 Å². The molecule has 0 aliphatic heterocycles. The zero-order valence-corrected chi connectivity index (χ0v) is 11.4. The van der Waals surface area contributed by atoms with Crippen LogP contribution >= 0.6 is 0 Å². The van der Waals surface area contributed by atoms with Crippen LogP contribution in [0.3, 0.4) is 0 Å². The predicted molar refractivity (Wildman–Crippen MR) is 76.7 cm³/mol. The first kappa shape index (κ1) is 13.0. The van der Waals surface area contributed by atoms with Gasteiger partial charge in [-0.3, -0.25) is 4.98 Å². The van der Waals surface area contributed by atoms with Crippen LogP contribution in [-0.2, 0) is 6.42 Å². The third-order valence-corrected chi connectivity index (χ3v) is 3.37. The lowest BCUT2D eigenvalue weighted by atomic mass is 10.0. The Morgan fingerprint density at radius 1 is 1.22 bits per heavy atom. The number of aryl methyl sites for hydroxylation is 1. The SMILES string of the molecule is Cc1ccc2cc(C[C@@H](CN)N(C)C)ccc2n1. The van der Waals surface area contributed by atoms with Gasteiger partial charge in [-0.25, -0.2) is 0 Å². The standard InChI is InChI=1S/C15H21N3/c1-11-4-6-13-8-12(5-7-15(13)17-11)9-14(10-16)18(2)3/h4-8,14H,9-10,16H2,1-3H3/t14-/m0/s1. The number of rotatable bonds is 4. The molecule has 3 heteroatoms. The summed E-state index contributed by atoms with van der Waals surface area (Å²) in [4.78, 5) is 6.69. The lowest BCUT2D eigenvalue weighted by Gasteiger charge is -2.22. The summed E-state index contributed by atoms with van der Waals surface area (Å²) in [7, 11) is 4.15. The van der Waals surface area contributed by atoms with Crippen molar-refractivity contribution in [3.63, 3.8) is 0 Å². The Morgan fingerprint density at radius 2 is 2.00 bits per heavy atom. The van der Waals surface area contributed by atoms with Crippen LogP contribution < -0.4 is 5.73 Å². The molecule has 0 aliphatic carbocycles. The van der Waals surface area contributed by atoms with Crippen molar-refractivity contribution in [2.24, 2.45) is 5.73 Å². The zero-order valence-electron chi connectivity index (χ0n) is 11.4. The van der Waals surface area contributed by atoms with Crippen molar-refractivity contribution in [2.75, 3.05) is 20.6 Å². The highest BCUT2D eigenvalue weighted by atomic mass is 15.1. The molecule has 2 N–H and O–H groups in total. The molecule has 0 saturated heterocycles. The van der Waals surface area contributed by atoms with Gasteiger partial charge in [0.1, 0.15) is 0 Å². The maximum atomic E-state index is 5.80. The molecule has 96 valence electrons. The van der Waals surface area contributed by atoms with E-state index in [0.717, 1.165) is 17.6 Å². The molecule has 2 aromatic rings. The van der Waals surface area contributed by atoms with Crippen LogP contribution in [0.5, 0.6) is 0 Å². The van der Waals surface area contributed by atoms with Crippen LogP contribution in [-0.4, -0.2) is 36.6 Å². The molecule has 3 nitrogen and oxygen atoms in total. The number of aromatic nitrogens is 1. The first-order chi connectivity index (χ1) is 8.60. The fraction of sp³-hybridized carbons (Fsp3) is 0.400. The molecule has 0 saturated carbocycles. The fourth-order valence-corrected chi connectivity index (χ4v) is 2.15. The third-order valence-electron chi connectivity index (χ3n) is 3.37. The van der Waals surface area contributed by atoms with Gasteiger partial charge in [-0.1, -0.05) is 12.1 Å². The van der Waals surface area contributed by atoms with Crippen molar-refractivity contribution in [2.45, 2.75) is 19.4 Å². The molecule has 1 aromatic heterocycles. The number of pyridine rings is 1. The Morgan fingerprint density at radius 3 is 2.67 bits per heavy atom. The summed E-state index contributed by atoms with van der Waals surface area (Å²) in [5.74, 6) is 0. The van der Waals surface area contributed by atoms with E-state index in [2.05, 4.69) is 54.3 Å². The van der Waals surface area contributed by atoms with E-state index in [-0.39, 0.29) is 0 Å². The second-order valence-electron chi connectivity index (χ2n) is 5.04. The van der Waals surface area contributed by atoms with Crippen molar-refractivity contribution in [3.05, 3.63) is 41.6 Å². The topological polar surface area (TPSA) is 42.1 Å². The van der Waals surface area contributed by atoms with Crippen molar-refractivity contribution >= 4 is 10.9 Å². The molecule has 0 aliphatic rings. The lowest BCUT2D eigenvalue weighted by molar-refractivity contribution is 0.298. The summed E-state index contributed by atoms with van der Waals surface area (Å²) in [6.45, 7) is 2.70. The largest absolute Gasteiger partial charge is 0.329 e. The van der Waals surface area contributed by atoms with E-state index in [0.29, 0.717) is 12.6 Å². The Hall–Kier alpha value is -1.45. The molecule has 1 heterocycles. The average Bonchev–Trinajstić information content (AvgIpc) is 2.35. The monoisotopic (exact) mass is 243 g/mol. The number of hydrogen-bond donors (Lipinski definition) is 1. The Balaban J connectivity index is 2.27. The molecular weight excluding hydrogens is 222 g/mol. The minimum Gasteiger partial charge on any atom is -0.329 e. The number of nitrogens with two attached hydrogens (primary N) is 1. The van der Waals surface area contributed by atoms with Crippen LogP contribution in [0.1, 0.15) is 11.3 Å². The predicted octanol–water partition coefficient (Wildman–Crippen LogP) is 1.97. The van der Waals surface area contributed by atoms with Gasteiger partial charge >= 0.3 is 0 Å². The highest BCUT2D eigenvalue weighted by Crippen LogP contribution is 2.16. The highest BCUT2D eigenvalue weighted by molar-refractivity contribution is 5.79. The average molecular weight is 243 g/mol. The van der Waals surface area contributed by atoms with Crippen molar-refractivity contribution < 1.29 is 0 Å². The van der Waals surface area contributed by atoms with Crippen molar-refractivity contribution in [3.8, 4) is 0 Å². The van der Waals surface area contributed by atoms with Crippen LogP contribution in [0.25, 0.3) is 10.9 Å². The van der Waals surface area contributed by atoms with Crippen LogP contribution in [0, 0.1) is 6.92 Å². The van der Waals surface area contributed by atoms with Gasteiger partial charge < -0.3 is 10.6 Å². The third kappa shape index (κ3) is 2.86. The molecule has 0 fully saturated rings. The van der Waals surface area contributed by atoms with Gasteiger partial charge in [-0.15, -0.1) is 0 Å². The van der Waals surface area contributed by atoms with E-state index in [4.69, 9.17) is 5.73 Å². The van der Waals surface area contributed by atoms with E-state index >= 15 is 0 Å². The number of hydrogen-bond acceptors (Lipinski definition) is 3. The number of benzene rings is 1. The molecule has 0 radical (unpaired) electrons. The van der Waals surface area contributed by atoms with E-state index in [1.807, 2.05) is 6.92 Å². The quantitative estimate of drug-likeness (QED) is 0.892. The molecular formula is C15H21N3. The highest BCUT2D eigenvalue weighted by Gasteiger charge is 2.10. The molecule has 1 atom stereocenters. The van der Waals surface area contributed by atoms with Crippen molar-refractivity contribution in [1.82, 2.24) is 9.88 Å². The molecule has 18 heavy (non-hydrogen) atoms. The first-order valence-corrected chi connectivity index (χ1v) is 6.33. The van der Waals surface area contributed by atoms with Crippen LogP contribution in [0.15, 0.2) is 30.3 Å². The maximum absolute atomic E-state index is 5.80. The van der Waals surface area contributed by atoms with E-state index in [1.165, 1.54) is 10.9 Å². The normalized spacial score (nSPS) is 13.2.